The zero-order chi connectivity index (χ0) is 18.9. The molecule has 2 saturated carbocycles. The van der Waals surface area contributed by atoms with Crippen molar-refractivity contribution in [3.63, 3.8) is 0 Å². The highest BCUT2D eigenvalue weighted by atomic mass is 35.5. The van der Waals surface area contributed by atoms with E-state index in [1.165, 1.54) is 6.07 Å². The summed E-state index contributed by atoms with van der Waals surface area (Å²) in [5, 5.41) is 1.58. The Morgan fingerprint density at radius 3 is 2.30 bits per heavy atom. The van der Waals surface area contributed by atoms with Crippen molar-refractivity contribution in [2.24, 2.45) is 29.1 Å². The molecule has 6 nitrogen and oxygen atoms in total. The van der Waals surface area contributed by atoms with Crippen LogP contribution in [0.25, 0.3) is 0 Å². The molecule has 3 fully saturated rings. The summed E-state index contributed by atoms with van der Waals surface area (Å²) in [6, 6.07) is 4.63. The van der Waals surface area contributed by atoms with Gasteiger partial charge in [-0.25, -0.2) is 0 Å². The van der Waals surface area contributed by atoms with Gasteiger partial charge < -0.3 is 4.74 Å². The van der Waals surface area contributed by atoms with Crippen LogP contribution in [-0.2, 0) is 14.4 Å². The standard InChI is InChI=1S/C19H16Cl2N2O4/c20-12-4-1-9(7-13(12)21)27-8-14(24)22-23-17(25)15-10-2-3-11(16(15)18(23)26)19(10)5-6-19/h1-4,7,10-11,15-16H,5-6,8H2,(H,22,24)/t10-,11-,15-,16-/m0/s1. The van der Waals surface area contributed by atoms with Crippen LogP contribution in [-0.4, -0.2) is 29.3 Å². The Balaban J connectivity index is 1.24. The Labute approximate surface area is 165 Å². The molecular weight excluding hydrogens is 391 g/mol. The van der Waals surface area contributed by atoms with E-state index >= 15 is 0 Å². The van der Waals surface area contributed by atoms with Gasteiger partial charge in [-0.15, -0.1) is 0 Å². The monoisotopic (exact) mass is 406 g/mol. The van der Waals surface area contributed by atoms with Crippen LogP contribution in [0.4, 0.5) is 0 Å². The van der Waals surface area contributed by atoms with E-state index in [9.17, 15) is 14.4 Å². The molecule has 3 amide bonds. The number of imide groups is 1. The molecule has 140 valence electrons. The number of nitrogens with zero attached hydrogens (tertiary/aromatic N) is 1. The summed E-state index contributed by atoms with van der Waals surface area (Å²) in [5.74, 6) is -1.26. The number of ether oxygens (including phenoxy) is 1. The zero-order valence-electron chi connectivity index (χ0n) is 14.2. The van der Waals surface area contributed by atoms with Crippen LogP contribution in [0.1, 0.15) is 12.8 Å². The number of carbonyl (C=O) groups is 3. The van der Waals surface area contributed by atoms with Gasteiger partial charge in [-0.3, -0.25) is 19.8 Å². The lowest BCUT2D eigenvalue weighted by atomic mass is 9.85. The second-order valence-electron chi connectivity index (χ2n) is 7.63. The number of carbonyl (C=O) groups excluding carboxylic acids is 3. The maximum Gasteiger partial charge on any atom is 0.276 e. The van der Waals surface area contributed by atoms with Crippen molar-refractivity contribution in [2.75, 3.05) is 6.61 Å². The Hall–Kier alpha value is -2.05. The molecule has 1 aromatic rings. The third-order valence-electron chi connectivity index (χ3n) is 6.35. The number of hydrazine groups is 1. The largest absolute Gasteiger partial charge is 0.484 e. The number of benzene rings is 1. The number of halogens is 2. The zero-order valence-corrected chi connectivity index (χ0v) is 15.7. The van der Waals surface area contributed by atoms with Gasteiger partial charge >= 0.3 is 0 Å². The van der Waals surface area contributed by atoms with Crippen molar-refractivity contribution in [1.29, 1.82) is 0 Å². The molecule has 27 heavy (non-hydrogen) atoms. The van der Waals surface area contributed by atoms with Crippen LogP contribution < -0.4 is 10.2 Å². The summed E-state index contributed by atoms with van der Waals surface area (Å²) in [6.07, 6.45) is 6.32. The molecule has 0 aromatic heterocycles. The first-order valence-electron chi connectivity index (χ1n) is 8.86. The van der Waals surface area contributed by atoms with E-state index < -0.39 is 5.91 Å². The summed E-state index contributed by atoms with van der Waals surface area (Å²) in [7, 11) is 0. The van der Waals surface area contributed by atoms with Gasteiger partial charge in [0, 0.05) is 6.07 Å². The maximum atomic E-state index is 12.8. The normalized spacial score (nSPS) is 31.6. The minimum Gasteiger partial charge on any atom is -0.484 e. The fourth-order valence-electron chi connectivity index (χ4n) is 5.06. The predicted molar refractivity (Wildman–Crippen MR) is 96.7 cm³/mol. The van der Waals surface area contributed by atoms with Crippen LogP contribution in [0.3, 0.4) is 0 Å². The lowest BCUT2D eigenvalue weighted by molar-refractivity contribution is -0.150. The minimum absolute atomic E-state index is 0.123. The molecule has 8 heteroatoms. The van der Waals surface area contributed by atoms with Crippen LogP contribution in [0.5, 0.6) is 5.75 Å². The highest BCUT2D eigenvalue weighted by Gasteiger charge is 2.73. The average Bonchev–Trinajstić information content (AvgIpc) is 3.25. The van der Waals surface area contributed by atoms with Gasteiger partial charge in [0.15, 0.2) is 6.61 Å². The summed E-state index contributed by atoms with van der Waals surface area (Å²) >= 11 is 11.7. The smallest absolute Gasteiger partial charge is 0.276 e. The van der Waals surface area contributed by atoms with Gasteiger partial charge in [0.1, 0.15) is 5.75 Å². The Morgan fingerprint density at radius 1 is 1.11 bits per heavy atom. The molecular formula is C19H16Cl2N2O4. The molecule has 1 aromatic carbocycles. The van der Waals surface area contributed by atoms with Crippen molar-refractivity contribution >= 4 is 40.9 Å². The fourth-order valence-corrected chi connectivity index (χ4v) is 5.35. The van der Waals surface area contributed by atoms with E-state index in [-0.39, 0.29) is 47.5 Å². The maximum absolute atomic E-state index is 12.8. The fraction of sp³-hybridized carbons (Fsp3) is 0.421. The summed E-state index contributed by atoms with van der Waals surface area (Å²) in [6.45, 7) is -0.348. The predicted octanol–water partition coefficient (Wildman–Crippen LogP) is 2.60. The van der Waals surface area contributed by atoms with Crippen molar-refractivity contribution in [1.82, 2.24) is 10.4 Å². The number of amides is 3. The van der Waals surface area contributed by atoms with Gasteiger partial charge in [0.05, 0.1) is 21.9 Å². The van der Waals surface area contributed by atoms with Crippen LogP contribution in [0.15, 0.2) is 30.4 Å². The van der Waals surface area contributed by atoms with Crippen molar-refractivity contribution in [3.05, 3.63) is 40.4 Å². The Bertz CT molecular complexity index is 877. The van der Waals surface area contributed by atoms with E-state index in [1.807, 2.05) is 0 Å². The topological polar surface area (TPSA) is 75.7 Å². The first-order chi connectivity index (χ1) is 12.9. The first kappa shape index (κ1) is 17.1. The molecule has 4 atom stereocenters. The van der Waals surface area contributed by atoms with Crippen molar-refractivity contribution < 1.29 is 19.1 Å². The van der Waals surface area contributed by atoms with Crippen LogP contribution in [0, 0.1) is 29.1 Å². The summed E-state index contributed by atoms with van der Waals surface area (Å²) in [5.41, 5.74) is 2.54. The van der Waals surface area contributed by atoms with E-state index in [0.717, 1.165) is 17.9 Å². The SMILES string of the molecule is O=C(COc1ccc(Cl)c(Cl)c1)NN1C(=O)[C@@H]2[C@@H](C1=O)[C@@H]1C=C[C@@H]2C12CC2. The van der Waals surface area contributed by atoms with Gasteiger partial charge in [-0.1, -0.05) is 35.4 Å². The average molecular weight is 407 g/mol. The first-order valence-corrected chi connectivity index (χ1v) is 9.61. The molecule has 1 aliphatic heterocycles. The lowest BCUT2D eigenvalue weighted by Crippen LogP contribution is -2.49. The van der Waals surface area contributed by atoms with Crippen molar-refractivity contribution in [2.45, 2.75) is 12.8 Å². The lowest BCUT2D eigenvalue weighted by Gasteiger charge is -2.22. The molecule has 2 bridgehead atoms. The molecule has 0 unspecified atom stereocenters. The van der Waals surface area contributed by atoms with E-state index in [2.05, 4.69) is 17.6 Å². The summed E-state index contributed by atoms with van der Waals surface area (Å²) in [4.78, 5) is 37.8. The van der Waals surface area contributed by atoms with Crippen LogP contribution >= 0.6 is 23.2 Å². The third kappa shape index (κ3) is 2.36. The van der Waals surface area contributed by atoms with Gasteiger partial charge in [0.2, 0.25) is 0 Å². The third-order valence-corrected chi connectivity index (χ3v) is 7.09. The second kappa shape index (κ2) is 5.72. The van der Waals surface area contributed by atoms with E-state index in [1.54, 1.807) is 12.1 Å². The van der Waals surface area contributed by atoms with E-state index in [0.29, 0.717) is 15.8 Å². The minimum atomic E-state index is -0.579. The number of nitrogens with one attached hydrogen (secondary N) is 1. The molecule has 3 aliphatic carbocycles. The van der Waals surface area contributed by atoms with Gasteiger partial charge in [-0.2, -0.15) is 5.01 Å². The molecule has 0 radical (unpaired) electrons. The van der Waals surface area contributed by atoms with Gasteiger partial charge in [-0.05, 0) is 42.2 Å². The molecule has 1 saturated heterocycles. The quantitative estimate of drug-likeness (QED) is 0.615. The molecule has 1 heterocycles. The van der Waals surface area contributed by atoms with Gasteiger partial charge in [0.25, 0.3) is 17.7 Å². The molecule has 5 rings (SSSR count). The number of allylic oxidation sites excluding steroid dienone is 2. The van der Waals surface area contributed by atoms with Crippen LogP contribution in [0.2, 0.25) is 10.0 Å². The number of hydrogen-bond acceptors (Lipinski definition) is 4. The molecule has 1 N–H and O–H groups in total. The highest BCUT2D eigenvalue weighted by Crippen LogP contribution is 2.73. The van der Waals surface area contributed by atoms with Crippen molar-refractivity contribution in [3.8, 4) is 5.75 Å². The highest BCUT2D eigenvalue weighted by molar-refractivity contribution is 6.42. The van der Waals surface area contributed by atoms with E-state index in [4.69, 9.17) is 27.9 Å². The summed E-state index contributed by atoms with van der Waals surface area (Å²) < 4.78 is 5.36. The number of rotatable bonds is 4. The Morgan fingerprint density at radius 2 is 1.74 bits per heavy atom. The number of fused-ring (bicyclic) bond motifs is 3. The number of hydrogen-bond donors (Lipinski definition) is 1. The molecule has 1 spiro atoms. The molecule has 4 aliphatic rings. The second-order valence-corrected chi connectivity index (χ2v) is 8.45. The Kier molecular flexibility index (Phi) is 3.62.